The maximum atomic E-state index is 6.06. The molecule has 1 aromatic rings. The first-order chi connectivity index (χ1) is 11.6. The van der Waals surface area contributed by atoms with Gasteiger partial charge in [-0.05, 0) is 43.3 Å². The highest BCUT2D eigenvalue weighted by atomic mass is 35.5. The molecule has 24 heavy (non-hydrogen) atoms. The Hall–Kier alpha value is -0.510. The van der Waals surface area contributed by atoms with E-state index in [1.165, 1.54) is 70.6 Å². The van der Waals surface area contributed by atoms with Crippen LogP contribution in [0.2, 0.25) is 10.0 Å². The maximum Gasteiger partial charge on any atom is 0.170 e. The third-order valence-electron chi connectivity index (χ3n) is 4.62. The molecule has 0 aliphatic heterocycles. The molecule has 0 bridgehead atoms. The summed E-state index contributed by atoms with van der Waals surface area (Å²) in [6.07, 6.45) is 14.6. The predicted octanol–water partition coefficient (Wildman–Crippen LogP) is 6.95. The summed E-state index contributed by atoms with van der Waals surface area (Å²) in [4.78, 5) is 0. The van der Waals surface area contributed by atoms with Crippen LogP contribution in [0.3, 0.4) is 0 Å². The van der Waals surface area contributed by atoms with Gasteiger partial charge in [0.2, 0.25) is 0 Å². The summed E-state index contributed by atoms with van der Waals surface area (Å²) < 4.78 is 0. The molecule has 134 valence electrons. The lowest BCUT2D eigenvalue weighted by Gasteiger charge is -2.21. The van der Waals surface area contributed by atoms with Crippen LogP contribution in [0.25, 0.3) is 0 Å². The fraction of sp³-hybridized carbons (Fsp3) is 0.632. The van der Waals surface area contributed by atoms with Crippen molar-refractivity contribution in [2.24, 2.45) is 0 Å². The van der Waals surface area contributed by atoms with Gasteiger partial charge >= 0.3 is 0 Å². The van der Waals surface area contributed by atoms with E-state index < -0.39 is 0 Å². The van der Waals surface area contributed by atoms with Gasteiger partial charge in [-0.15, -0.1) is 0 Å². The van der Waals surface area contributed by atoms with E-state index in [0.29, 0.717) is 21.2 Å². The Bertz CT molecular complexity index is 510. The molecule has 2 rings (SSSR count). The van der Waals surface area contributed by atoms with Crippen molar-refractivity contribution >= 4 is 46.2 Å². The molecule has 1 saturated carbocycles. The second kappa shape index (κ2) is 11.2. The summed E-state index contributed by atoms with van der Waals surface area (Å²) in [7, 11) is 0. The SMILES string of the molecule is S=C(Nc1ccc(Cl)c(Cl)c1)NC1CCCCCCCCCCC1. The van der Waals surface area contributed by atoms with Gasteiger partial charge in [0.05, 0.1) is 10.0 Å². The lowest BCUT2D eigenvalue weighted by atomic mass is 9.98. The summed E-state index contributed by atoms with van der Waals surface area (Å²) >= 11 is 17.5. The minimum absolute atomic E-state index is 0.465. The molecule has 1 aliphatic rings. The van der Waals surface area contributed by atoms with Crippen LogP contribution in [0.15, 0.2) is 18.2 Å². The van der Waals surface area contributed by atoms with Gasteiger partial charge in [0.1, 0.15) is 0 Å². The van der Waals surface area contributed by atoms with E-state index in [1.54, 1.807) is 12.1 Å². The summed E-state index contributed by atoms with van der Waals surface area (Å²) in [5, 5.41) is 8.48. The van der Waals surface area contributed by atoms with E-state index in [0.717, 1.165) is 5.69 Å². The topological polar surface area (TPSA) is 24.1 Å². The molecule has 1 aromatic carbocycles. The largest absolute Gasteiger partial charge is 0.360 e. The van der Waals surface area contributed by atoms with Crippen LogP contribution in [-0.4, -0.2) is 11.2 Å². The van der Waals surface area contributed by atoms with Crippen molar-refractivity contribution in [3.8, 4) is 0 Å². The van der Waals surface area contributed by atoms with Gasteiger partial charge in [0.25, 0.3) is 0 Å². The van der Waals surface area contributed by atoms with Crippen molar-refractivity contribution < 1.29 is 0 Å². The number of hydrogen-bond acceptors (Lipinski definition) is 1. The normalized spacial score (nSPS) is 18.2. The molecule has 0 saturated heterocycles. The molecule has 1 aliphatic carbocycles. The number of nitrogens with one attached hydrogen (secondary N) is 2. The van der Waals surface area contributed by atoms with Crippen LogP contribution in [0.5, 0.6) is 0 Å². The fourth-order valence-electron chi connectivity index (χ4n) is 3.23. The average Bonchev–Trinajstić information content (AvgIpc) is 2.53. The summed E-state index contributed by atoms with van der Waals surface area (Å²) in [6, 6.07) is 5.94. The van der Waals surface area contributed by atoms with Gasteiger partial charge in [-0.3, -0.25) is 0 Å². The Kier molecular flexibility index (Phi) is 9.22. The van der Waals surface area contributed by atoms with E-state index in [1.807, 2.05) is 6.07 Å². The van der Waals surface area contributed by atoms with Gasteiger partial charge in [-0.2, -0.15) is 0 Å². The third kappa shape index (κ3) is 7.58. The molecule has 2 nitrogen and oxygen atoms in total. The second-order valence-corrected chi connectivity index (χ2v) is 7.91. The monoisotopic (exact) mass is 386 g/mol. The zero-order chi connectivity index (χ0) is 17.2. The Balaban J connectivity index is 1.83. The molecule has 0 spiro atoms. The van der Waals surface area contributed by atoms with E-state index in [-0.39, 0.29) is 0 Å². The third-order valence-corrected chi connectivity index (χ3v) is 5.58. The number of thiocarbonyl (C=S) groups is 1. The van der Waals surface area contributed by atoms with Crippen molar-refractivity contribution in [2.75, 3.05) is 5.32 Å². The number of rotatable bonds is 2. The van der Waals surface area contributed by atoms with Crippen molar-refractivity contribution in [3.63, 3.8) is 0 Å². The molecule has 0 heterocycles. The van der Waals surface area contributed by atoms with E-state index in [4.69, 9.17) is 35.4 Å². The highest BCUT2D eigenvalue weighted by molar-refractivity contribution is 7.80. The van der Waals surface area contributed by atoms with Crippen LogP contribution in [0.1, 0.15) is 70.6 Å². The maximum absolute atomic E-state index is 6.06. The smallest absolute Gasteiger partial charge is 0.170 e. The van der Waals surface area contributed by atoms with Crippen molar-refractivity contribution in [3.05, 3.63) is 28.2 Å². The van der Waals surface area contributed by atoms with Gasteiger partial charge < -0.3 is 10.6 Å². The predicted molar refractivity (Wildman–Crippen MR) is 110 cm³/mol. The second-order valence-electron chi connectivity index (χ2n) is 6.68. The van der Waals surface area contributed by atoms with E-state index in [9.17, 15) is 0 Å². The molecule has 5 heteroatoms. The Labute approximate surface area is 161 Å². The zero-order valence-corrected chi connectivity index (χ0v) is 16.6. The Morgan fingerprint density at radius 1 is 0.833 bits per heavy atom. The standard InChI is InChI=1S/C19H28Cl2N2S/c20-17-13-12-16(14-18(17)21)23-19(24)22-15-10-8-6-4-2-1-3-5-7-9-11-15/h12-15H,1-11H2,(H2,22,23,24). The molecule has 0 radical (unpaired) electrons. The number of benzene rings is 1. The Morgan fingerprint density at radius 2 is 1.38 bits per heavy atom. The number of hydrogen-bond donors (Lipinski definition) is 2. The first kappa shape index (κ1) is 19.8. The van der Waals surface area contributed by atoms with E-state index >= 15 is 0 Å². The summed E-state index contributed by atoms with van der Waals surface area (Å²) in [5.74, 6) is 0. The molecule has 0 unspecified atom stereocenters. The van der Waals surface area contributed by atoms with Crippen LogP contribution in [-0.2, 0) is 0 Å². The highest BCUT2D eigenvalue weighted by Crippen LogP contribution is 2.25. The zero-order valence-electron chi connectivity index (χ0n) is 14.3. The summed E-state index contributed by atoms with van der Waals surface area (Å²) in [6.45, 7) is 0. The fourth-order valence-corrected chi connectivity index (χ4v) is 3.82. The van der Waals surface area contributed by atoms with Gasteiger partial charge in [0.15, 0.2) is 5.11 Å². The van der Waals surface area contributed by atoms with Crippen LogP contribution in [0, 0.1) is 0 Å². The highest BCUT2D eigenvalue weighted by Gasteiger charge is 2.11. The lowest BCUT2D eigenvalue weighted by Crippen LogP contribution is -2.37. The number of halogens is 2. The molecule has 1 fully saturated rings. The van der Waals surface area contributed by atoms with Crippen molar-refractivity contribution in [2.45, 2.75) is 76.7 Å². The van der Waals surface area contributed by atoms with Crippen LogP contribution >= 0.6 is 35.4 Å². The minimum atomic E-state index is 0.465. The number of anilines is 1. The lowest BCUT2D eigenvalue weighted by molar-refractivity contribution is 0.444. The molecule has 0 atom stereocenters. The summed E-state index contributed by atoms with van der Waals surface area (Å²) in [5.41, 5.74) is 0.870. The first-order valence-corrected chi connectivity index (χ1v) is 10.3. The van der Waals surface area contributed by atoms with Gasteiger partial charge in [-0.1, -0.05) is 81.0 Å². The first-order valence-electron chi connectivity index (χ1n) is 9.18. The average molecular weight is 387 g/mol. The molecule has 2 N–H and O–H groups in total. The minimum Gasteiger partial charge on any atom is -0.360 e. The van der Waals surface area contributed by atoms with Crippen LogP contribution < -0.4 is 10.6 Å². The molecule has 0 amide bonds. The molecular weight excluding hydrogens is 359 g/mol. The van der Waals surface area contributed by atoms with Gasteiger partial charge in [-0.25, -0.2) is 0 Å². The molecular formula is C19H28Cl2N2S. The van der Waals surface area contributed by atoms with Crippen LogP contribution in [0.4, 0.5) is 5.69 Å². The van der Waals surface area contributed by atoms with Crippen molar-refractivity contribution in [1.29, 1.82) is 0 Å². The quantitative estimate of drug-likeness (QED) is 0.537. The van der Waals surface area contributed by atoms with Gasteiger partial charge in [0, 0.05) is 11.7 Å². The van der Waals surface area contributed by atoms with E-state index in [2.05, 4.69) is 10.6 Å². The molecule has 0 aromatic heterocycles. The Morgan fingerprint density at radius 3 is 1.92 bits per heavy atom. The van der Waals surface area contributed by atoms with Crippen molar-refractivity contribution in [1.82, 2.24) is 5.32 Å².